The fourth-order valence-electron chi connectivity index (χ4n) is 2.56. The van der Waals surface area contributed by atoms with E-state index in [4.69, 9.17) is 0 Å². The summed E-state index contributed by atoms with van der Waals surface area (Å²) in [5, 5.41) is 6.16. The van der Waals surface area contributed by atoms with Crippen LogP contribution in [0, 0.1) is 5.92 Å². The van der Waals surface area contributed by atoms with Crippen LogP contribution >= 0.6 is 0 Å². The van der Waals surface area contributed by atoms with Crippen molar-refractivity contribution in [2.75, 3.05) is 11.9 Å². The monoisotopic (exact) mass is 269 g/mol. The van der Waals surface area contributed by atoms with Crippen LogP contribution in [-0.4, -0.2) is 6.54 Å². The van der Waals surface area contributed by atoms with Crippen LogP contribution in [0.1, 0.15) is 46.0 Å². The molecule has 2 aromatic carbocycles. The Bertz CT molecular complexity index is 516. The van der Waals surface area contributed by atoms with Gasteiger partial charge in [0, 0.05) is 12.2 Å². The lowest BCUT2D eigenvalue weighted by molar-refractivity contribution is 0.523. The van der Waals surface area contributed by atoms with Crippen molar-refractivity contribution in [3.8, 4) is 0 Å². The standard InChI is InChI=1S/C19H27N/c1-16(2)9-5-3-4-8-14-20-19-13-12-17-10-6-7-11-18(17)15-19/h6-7,10-13,15-16,20H,3-5,8-9,14H2,1-2H3. The van der Waals surface area contributed by atoms with Crippen LogP contribution in [0.4, 0.5) is 5.69 Å². The SMILES string of the molecule is CC(C)CCCCCCNc1ccc2ccccc2c1. The van der Waals surface area contributed by atoms with E-state index in [0.717, 1.165) is 12.5 Å². The first kappa shape index (κ1) is 14.9. The predicted molar refractivity (Wildman–Crippen MR) is 90.4 cm³/mol. The first-order valence-corrected chi connectivity index (χ1v) is 7.98. The fraction of sp³-hybridized carbons (Fsp3) is 0.474. The van der Waals surface area contributed by atoms with E-state index in [1.54, 1.807) is 0 Å². The Morgan fingerprint density at radius 3 is 2.40 bits per heavy atom. The predicted octanol–water partition coefficient (Wildman–Crippen LogP) is 5.86. The Labute approximate surface area is 123 Å². The average Bonchev–Trinajstić information content (AvgIpc) is 2.46. The highest BCUT2D eigenvalue weighted by atomic mass is 14.9. The van der Waals surface area contributed by atoms with Crippen molar-refractivity contribution in [1.82, 2.24) is 0 Å². The smallest absolute Gasteiger partial charge is 0.0346 e. The van der Waals surface area contributed by atoms with Crippen LogP contribution in [-0.2, 0) is 0 Å². The maximum atomic E-state index is 3.54. The molecule has 0 radical (unpaired) electrons. The molecule has 0 aromatic heterocycles. The summed E-state index contributed by atoms with van der Waals surface area (Å²) < 4.78 is 0. The zero-order chi connectivity index (χ0) is 14.2. The number of benzene rings is 2. The minimum absolute atomic E-state index is 0.853. The highest BCUT2D eigenvalue weighted by Gasteiger charge is 1.97. The molecule has 1 N–H and O–H groups in total. The molecule has 0 fully saturated rings. The Morgan fingerprint density at radius 1 is 0.850 bits per heavy atom. The Balaban J connectivity index is 1.68. The van der Waals surface area contributed by atoms with Crippen molar-refractivity contribution in [1.29, 1.82) is 0 Å². The molecule has 0 saturated carbocycles. The van der Waals surface area contributed by atoms with Crippen LogP contribution in [0.3, 0.4) is 0 Å². The topological polar surface area (TPSA) is 12.0 Å². The molecule has 2 rings (SSSR count). The van der Waals surface area contributed by atoms with Crippen LogP contribution in [0.2, 0.25) is 0 Å². The molecular weight excluding hydrogens is 242 g/mol. The molecule has 0 atom stereocenters. The van der Waals surface area contributed by atoms with Gasteiger partial charge in [0.05, 0.1) is 0 Å². The summed E-state index contributed by atoms with van der Waals surface area (Å²) >= 11 is 0. The number of rotatable bonds is 8. The lowest BCUT2D eigenvalue weighted by atomic mass is 10.0. The van der Waals surface area contributed by atoms with Gasteiger partial charge in [-0.05, 0) is 35.2 Å². The summed E-state index contributed by atoms with van der Waals surface area (Å²) in [6, 6.07) is 15.1. The quantitative estimate of drug-likeness (QED) is 0.592. The van der Waals surface area contributed by atoms with Crippen molar-refractivity contribution in [2.24, 2.45) is 5.92 Å². The third-order valence-electron chi connectivity index (χ3n) is 3.79. The molecule has 1 nitrogen and oxygen atoms in total. The number of nitrogens with one attached hydrogen (secondary N) is 1. The molecule has 0 saturated heterocycles. The Kier molecular flexibility index (Phi) is 5.91. The molecule has 0 spiro atoms. The van der Waals surface area contributed by atoms with Gasteiger partial charge in [0.15, 0.2) is 0 Å². The zero-order valence-electron chi connectivity index (χ0n) is 12.9. The minimum Gasteiger partial charge on any atom is -0.385 e. The van der Waals surface area contributed by atoms with Gasteiger partial charge in [-0.2, -0.15) is 0 Å². The van der Waals surface area contributed by atoms with Crippen LogP contribution in [0.15, 0.2) is 42.5 Å². The molecule has 20 heavy (non-hydrogen) atoms. The third-order valence-corrected chi connectivity index (χ3v) is 3.79. The summed E-state index contributed by atoms with van der Waals surface area (Å²) in [4.78, 5) is 0. The second-order valence-corrected chi connectivity index (χ2v) is 6.09. The highest BCUT2D eigenvalue weighted by molar-refractivity contribution is 5.85. The molecule has 0 amide bonds. The van der Waals surface area contributed by atoms with E-state index in [2.05, 4.69) is 61.6 Å². The third kappa shape index (κ3) is 4.88. The molecular formula is C19H27N. The second-order valence-electron chi connectivity index (χ2n) is 6.09. The molecule has 0 bridgehead atoms. The largest absolute Gasteiger partial charge is 0.385 e. The molecule has 2 aromatic rings. The van der Waals surface area contributed by atoms with Crippen molar-refractivity contribution in [2.45, 2.75) is 46.0 Å². The number of anilines is 1. The second kappa shape index (κ2) is 7.94. The maximum absolute atomic E-state index is 3.54. The van der Waals surface area contributed by atoms with E-state index in [1.807, 2.05) is 0 Å². The molecule has 1 heteroatoms. The summed E-state index contributed by atoms with van der Waals surface area (Å²) in [5.74, 6) is 0.853. The van der Waals surface area contributed by atoms with E-state index in [-0.39, 0.29) is 0 Å². The van der Waals surface area contributed by atoms with Gasteiger partial charge >= 0.3 is 0 Å². The van der Waals surface area contributed by atoms with Gasteiger partial charge in [-0.15, -0.1) is 0 Å². The molecule has 0 heterocycles. The van der Waals surface area contributed by atoms with Crippen LogP contribution < -0.4 is 5.32 Å². The molecule has 108 valence electrons. The Hall–Kier alpha value is -1.50. The molecule has 0 unspecified atom stereocenters. The van der Waals surface area contributed by atoms with Gasteiger partial charge in [-0.3, -0.25) is 0 Å². The highest BCUT2D eigenvalue weighted by Crippen LogP contribution is 2.19. The summed E-state index contributed by atoms with van der Waals surface area (Å²) in [7, 11) is 0. The minimum atomic E-state index is 0.853. The van der Waals surface area contributed by atoms with Crippen molar-refractivity contribution < 1.29 is 0 Å². The van der Waals surface area contributed by atoms with E-state index < -0.39 is 0 Å². The first-order valence-electron chi connectivity index (χ1n) is 7.98. The van der Waals surface area contributed by atoms with Gasteiger partial charge in [-0.1, -0.05) is 69.9 Å². The van der Waals surface area contributed by atoms with E-state index in [1.165, 1.54) is 48.6 Å². The summed E-state index contributed by atoms with van der Waals surface area (Å²) in [6.07, 6.45) is 6.74. The lowest BCUT2D eigenvalue weighted by Crippen LogP contribution is -2.01. The molecule has 0 aliphatic rings. The van der Waals surface area contributed by atoms with E-state index >= 15 is 0 Å². The van der Waals surface area contributed by atoms with E-state index in [9.17, 15) is 0 Å². The number of hydrogen-bond donors (Lipinski definition) is 1. The van der Waals surface area contributed by atoms with Gasteiger partial charge in [0.2, 0.25) is 0 Å². The first-order chi connectivity index (χ1) is 9.75. The van der Waals surface area contributed by atoms with Crippen molar-refractivity contribution in [3.05, 3.63) is 42.5 Å². The summed E-state index contributed by atoms with van der Waals surface area (Å²) in [6.45, 7) is 5.70. The van der Waals surface area contributed by atoms with Gasteiger partial charge in [-0.25, -0.2) is 0 Å². The number of unbranched alkanes of at least 4 members (excludes halogenated alkanes) is 3. The Morgan fingerprint density at radius 2 is 1.60 bits per heavy atom. The molecule has 0 aliphatic carbocycles. The van der Waals surface area contributed by atoms with Crippen LogP contribution in [0.25, 0.3) is 10.8 Å². The fourth-order valence-corrected chi connectivity index (χ4v) is 2.56. The van der Waals surface area contributed by atoms with E-state index in [0.29, 0.717) is 0 Å². The normalized spacial score (nSPS) is 11.2. The zero-order valence-corrected chi connectivity index (χ0v) is 12.9. The number of fused-ring (bicyclic) bond motifs is 1. The summed E-state index contributed by atoms with van der Waals surface area (Å²) in [5.41, 5.74) is 1.24. The molecule has 0 aliphatic heterocycles. The maximum Gasteiger partial charge on any atom is 0.0346 e. The average molecular weight is 269 g/mol. The van der Waals surface area contributed by atoms with Gasteiger partial charge in [0.1, 0.15) is 0 Å². The van der Waals surface area contributed by atoms with Crippen molar-refractivity contribution >= 4 is 16.5 Å². The van der Waals surface area contributed by atoms with Gasteiger partial charge < -0.3 is 5.32 Å². The lowest BCUT2D eigenvalue weighted by Gasteiger charge is -2.08. The number of hydrogen-bond acceptors (Lipinski definition) is 1. The van der Waals surface area contributed by atoms with Crippen molar-refractivity contribution in [3.63, 3.8) is 0 Å². The van der Waals surface area contributed by atoms with Gasteiger partial charge in [0.25, 0.3) is 0 Å². The van der Waals surface area contributed by atoms with Crippen LogP contribution in [0.5, 0.6) is 0 Å².